The second-order valence-electron chi connectivity index (χ2n) is 12.6. The molecular formula is C35H46N12O7. The predicted molar refractivity (Wildman–Crippen MR) is 201 cm³/mol. The van der Waals surface area contributed by atoms with Crippen LogP contribution in [0.5, 0.6) is 11.5 Å². The van der Waals surface area contributed by atoms with Crippen LogP contribution < -0.4 is 48.0 Å². The first-order valence-corrected chi connectivity index (χ1v) is 17.6. The zero-order valence-corrected chi connectivity index (χ0v) is 30.4. The number of imidazole rings is 1. The van der Waals surface area contributed by atoms with Gasteiger partial charge in [-0.05, 0) is 82.8 Å². The van der Waals surface area contributed by atoms with Crippen molar-refractivity contribution in [1.82, 2.24) is 35.5 Å². The highest BCUT2D eigenvalue weighted by molar-refractivity contribution is 6.04. The summed E-state index contributed by atoms with van der Waals surface area (Å²) in [6.07, 6.45) is 7.38. The van der Waals surface area contributed by atoms with Crippen molar-refractivity contribution in [3.8, 4) is 11.5 Å². The number of aromatic nitrogens is 4. The Hall–Kier alpha value is -6.05. The van der Waals surface area contributed by atoms with Crippen LogP contribution in [-0.4, -0.2) is 75.3 Å². The standard InChI is InChI=1S/C35H46N12O7/c1-4-46-27(16-21(2)44-46)34(50)41-35-40-25-17-23(32(48)42-36)20-29(53-3)31(25)45(35)14-6-5-11-39-30-26(47(51)52)18-24(33(49)43-37)19-28(30)54-15-7-8-22-9-12-38-13-10-22/h5-6,16-20,22,38-39H,4,7-15,36-37H2,1-3H3,(H,42,48)(H,43,49)(H,40,41,50)/b6-5+. The predicted octanol–water partition coefficient (Wildman–Crippen LogP) is 2.76. The van der Waals surface area contributed by atoms with Crippen LogP contribution in [0.2, 0.25) is 0 Å². The lowest BCUT2D eigenvalue weighted by molar-refractivity contribution is -0.384. The Bertz CT molecular complexity index is 2030. The Kier molecular flexibility index (Phi) is 13.1. The Morgan fingerprint density at radius 2 is 1.74 bits per heavy atom. The number of anilines is 2. The summed E-state index contributed by atoms with van der Waals surface area (Å²) in [5.41, 5.74) is 5.91. The molecule has 0 bridgehead atoms. The van der Waals surface area contributed by atoms with Crippen molar-refractivity contribution in [2.45, 2.75) is 52.6 Å². The number of aryl methyl sites for hydroxylation is 2. The Morgan fingerprint density at radius 3 is 2.41 bits per heavy atom. The van der Waals surface area contributed by atoms with E-state index in [1.807, 2.05) is 12.3 Å². The summed E-state index contributed by atoms with van der Waals surface area (Å²) in [6, 6.07) is 7.27. The molecule has 1 saturated heterocycles. The second kappa shape index (κ2) is 18.1. The van der Waals surface area contributed by atoms with Crippen LogP contribution >= 0.6 is 0 Å². The van der Waals surface area contributed by atoms with Crippen LogP contribution in [0.15, 0.2) is 42.5 Å². The molecule has 0 unspecified atom stereocenters. The van der Waals surface area contributed by atoms with E-state index < -0.39 is 22.6 Å². The van der Waals surface area contributed by atoms with Gasteiger partial charge in [-0.15, -0.1) is 0 Å². The zero-order chi connectivity index (χ0) is 38.8. The number of nitro benzene ring substituents is 1. The molecule has 19 nitrogen and oxygen atoms in total. The normalized spacial score (nSPS) is 13.2. The molecule has 3 heterocycles. The van der Waals surface area contributed by atoms with Gasteiger partial charge in [0.05, 0.1) is 35.4 Å². The third kappa shape index (κ3) is 9.11. The molecule has 5 rings (SSSR count). The van der Waals surface area contributed by atoms with Crippen LogP contribution in [0, 0.1) is 23.0 Å². The van der Waals surface area contributed by atoms with Crippen molar-refractivity contribution in [2.75, 3.05) is 44.0 Å². The van der Waals surface area contributed by atoms with Crippen molar-refractivity contribution in [3.05, 3.63) is 75.1 Å². The number of nitrogen functional groups attached to an aromatic ring is 2. The van der Waals surface area contributed by atoms with Gasteiger partial charge in [0, 0.05) is 31.3 Å². The number of benzene rings is 2. The number of hydrogen-bond donors (Lipinski definition) is 7. The number of rotatable bonds is 17. The van der Waals surface area contributed by atoms with Crippen molar-refractivity contribution in [2.24, 2.45) is 17.6 Å². The number of nitro groups is 1. The van der Waals surface area contributed by atoms with Crippen LogP contribution in [-0.2, 0) is 13.1 Å². The fourth-order valence-electron chi connectivity index (χ4n) is 6.41. The Morgan fingerprint density at radius 1 is 1.04 bits per heavy atom. The third-order valence-electron chi connectivity index (χ3n) is 9.08. The maximum atomic E-state index is 13.5. The van der Waals surface area contributed by atoms with Crippen molar-refractivity contribution in [3.63, 3.8) is 0 Å². The minimum atomic E-state index is -0.694. The summed E-state index contributed by atoms with van der Waals surface area (Å²) in [5, 5.41) is 25.8. The van der Waals surface area contributed by atoms with E-state index in [1.54, 1.807) is 34.4 Å². The van der Waals surface area contributed by atoms with Gasteiger partial charge in [0.15, 0.2) is 5.69 Å². The molecule has 9 N–H and O–H groups in total. The van der Waals surface area contributed by atoms with E-state index in [4.69, 9.17) is 21.2 Å². The lowest BCUT2D eigenvalue weighted by atomic mass is 9.93. The molecule has 3 amide bonds. The first kappa shape index (κ1) is 39.2. The number of ether oxygens (including phenoxy) is 2. The number of amides is 3. The lowest BCUT2D eigenvalue weighted by Crippen LogP contribution is -2.30. The molecule has 19 heteroatoms. The topological polar surface area (TPSA) is 261 Å². The fourth-order valence-corrected chi connectivity index (χ4v) is 6.41. The molecule has 4 aromatic rings. The van der Waals surface area contributed by atoms with Gasteiger partial charge in [0.25, 0.3) is 23.4 Å². The van der Waals surface area contributed by atoms with Crippen LogP contribution in [0.1, 0.15) is 69.5 Å². The minimum Gasteiger partial charge on any atom is -0.494 e. The molecule has 0 spiro atoms. The first-order valence-electron chi connectivity index (χ1n) is 17.6. The van der Waals surface area contributed by atoms with Gasteiger partial charge >= 0.3 is 0 Å². The highest BCUT2D eigenvalue weighted by atomic mass is 16.6. The maximum absolute atomic E-state index is 13.5. The zero-order valence-electron chi connectivity index (χ0n) is 30.4. The smallest absolute Gasteiger partial charge is 0.296 e. The quantitative estimate of drug-likeness (QED) is 0.0205. The number of fused-ring (bicyclic) bond motifs is 1. The molecule has 0 radical (unpaired) electrons. The number of nitrogens with zero attached hydrogens (tertiary/aromatic N) is 5. The van der Waals surface area contributed by atoms with Gasteiger partial charge in [-0.3, -0.25) is 45.3 Å². The fraction of sp³-hybridized carbons (Fsp3) is 0.400. The number of hydrogen-bond acceptors (Lipinski definition) is 13. The number of hydrazine groups is 2. The van der Waals surface area contributed by atoms with E-state index in [2.05, 4.69) is 31.5 Å². The van der Waals surface area contributed by atoms with E-state index in [9.17, 15) is 24.5 Å². The SMILES string of the molecule is CCn1nc(C)cc1C(=O)Nc1nc2cc(C(=O)NN)cc(OC)c2n1C/C=C/CNc1c(OCCCC2CCNCC2)cc(C(=O)NN)cc1[N+](=O)[O-]. The molecule has 54 heavy (non-hydrogen) atoms. The lowest BCUT2D eigenvalue weighted by Gasteiger charge is -2.22. The number of nitrogens with two attached hydrogens (primary N) is 2. The number of carbonyl (C=O) groups excluding carboxylic acids is 3. The average molecular weight is 747 g/mol. The average Bonchev–Trinajstić information content (AvgIpc) is 3.74. The first-order chi connectivity index (χ1) is 26.1. The second-order valence-corrected chi connectivity index (χ2v) is 12.6. The summed E-state index contributed by atoms with van der Waals surface area (Å²) in [7, 11) is 1.44. The van der Waals surface area contributed by atoms with E-state index in [0.29, 0.717) is 47.2 Å². The highest BCUT2D eigenvalue weighted by Crippen LogP contribution is 2.37. The number of piperidine rings is 1. The number of carbonyl (C=O) groups is 3. The molecule has 1 aliphatic heterocycles. The molecule has 0 aliphatic carbocycles. The maximum Gasteiger partial charge on any atom is 0.296 e. The minimum absolute atomic E-state index is 0.0154. The third-order valence-corrected chi connectivity index (χ3v) is 9.08. The van der Waals surface area contributed by atoms with Gasteiger partial charge in [0.1, 0.15) is 22.7 Å². The van der Waals surface area contributed by atoms with Crippen molar-refractivity contribution in [1.29, 1.82) is 0 Å². The van der Waals surface area contributed by atoms with Gasteiger partial charge in [-0.1, -0.05) is 12.2 Å². The van der Waals surface area contributed by atoms with E-state index in [-0.39, 0.29) is 47.3 Å². The Balaban J connectivity index is 1.40. The monoisotopic (exact) mass is 746 g/mol. The highest BCUT2D eigenvalue weighted by Gasteiger charge is 2.24. The molecule has 0 saturated carbocycles. The summed E-state index contributed by atoms with van der Waals surface area (Å²) in [4.78, 5) is 54.5. The summed E-state index contributed by atoms with van der Waals surface area (Å²) in [6.45, 7) is 6.68. The van der Waals surface area contributed by atoms with Crippen molar-refractivity contribution < 1.29 is 28.8 Å². The van der Waals surface area contributed by atoms with Gasteiger partial charge in [0.2, 0.25) is 5.95 Å². The molecular weight excluding hydrogens is 700 g/mol. The van der Waals surface area contributed by atoms with Crippen LogP contribution in [0.25, 0.3) is 11.0 Å². The van der Waals surface area contributed by atoms with E-state index in [0.717, 1.165) is 44.8 Å². The van der Waals surface area contributed by atoms with Crippen molar-refractivity contribution >= 4 is 46.1 Å². The van der Waals surface area contributed by atoms with E-state index >= 15 is 0 Å². The summed E-state index contributed by atoms with van der Waals surface area (Å²) < 4.78 is 15.0. The molecule has 1 fully saturated rings. The van der Waals surface area contributed by atoms with Gasteiger partial charge in [-0.25, -0.2) is 16.7 Å². The Labute approximate surface area is 310 Å². The van der Waals surface area contributed by atoms with Gasteiger partial charge < -0.3 is 24.7 Å². The largest absolute Gasteiger partial charge is 0.494 e. The van der Waals surface area contributed by atoms with Crippen LogP contribution in [0.4, 0.5) is 17.3 Å². The van der Waals surface area contributed by atoms with Crippen LogP contribution in [0.3, 0.4) is 0 Å². The summed E-state index contributed by atoms with van der Waals surface area (Å²) >= 11 is 0. The van der Waals surface area contributed by atoms with Gasteiger partial charge in [-0.2, -0.15) is 5.10 Å². The number of allylic oxidation sites excluding steroid dienone is 1. The molecule has 2 aromatic carbocycles. The molecule has 2 aromatic heterocycles. The number of methoxy groups -OCH3 is 1. The molecule has 1 aliphatic rings. The molecule has 0 atom stereocenters. The number of nitrogens with one attached hydrogen (secondary N) is 5. The summed E-state index contributed by atoms with van der Waals surface area (Å²) in [5.74, 6) is 10.2. The molecule has 288 valence electrons. The van der Waals surface area contributed by atoms with E-state index in [1.165, 1.54) is 25.3 Å².